The largest absolute Gasteiger partial charge is 0.374 e. The average Bonchev–Trinajstić information content (AvgIpc) is 2.81. The summed E-state index contributed by atoms with van der Waals surface area (Å²) in [5.74, 6) is 3.13. The van der Waals surface area contributed by atoms with Crippen LogP contribution in [0.5, 0.6) is 0 Å². The van der Waals surface area contributed by atoms with Crippen LogP contribution in [-0.4, -0.2) is 29.3 Å². The van der Waals surface area contributed by atoms with Crippen LogP contribution in [0.4, 0.5) is 0 Å². The minimum absolute atomic E-state index is 0.0370. The van der Waals surface area contributed by atoms with Gasteiger partial charge in [-0.3, -0.25) is 0 Å². The summed E-state index contributed by atoms with van der Waals surface area (Å²) < 4.78 is 6.18. The van der Waals surface area contributed by atoms with Crippen molar-refractivity contribution in [3.8, 4) is 0 Å². The van der Waals surface area contributed by atoms with Crippen molar-refractivity contribution >= 4 is 11.8 Å². The highest BCUT2D eigenvalue weighted by molar-refractivity contribution is 7.99. The van der Waals surface area contributed by atoms with Crippen molar-refractivity contribution < 1.29 is 4.74 Å². The summed E-state index contributed by atoms with van der Waals surface area (Å²) in [6, 6.07) is 0. The van der Waals surface area contributed by atoms with Gasteiger partial charge in [0.1, 0.15) is 0 Å². The van der Waals surface area contributed by atoms with Crippen molar-refractivity contribution in [3.63, 3.8) is 0 Å². The van der Waals surface area contributed by atoms with Crippen LogP contribution >= 0.6 is 11.8 Å². The van der Waals surface area contributed by atoms with Gasteiger partial charge in [-0.25, -0.2) is 0 Å². The third-order valence-corrected chi connectivity index (χ3v) is 7.41. The van der Waals surface area contributed by atoms with E-state index in [0.29, 0.717) is 11.3 Å². The summed E-state index contributed by atoms with van der Waals surface area (Å²) >= 11 is 2.06. The summed E-state index contributed by atoms with van der Waals surface area (Å²) in [6.07, 6.45) is 8.81. The Hall–Kier alpha value is 0.270. The maximum atomic E-state index is 7.00. The molecule has 1 aliphatic carbocycles. The summed E-state index contributed by atoms with van der Waals surface area (Å²) in [4.78, 5) is 0. The fraction of sp³-hybridized carbons (Fsp3) is 1.00. The number of nitrogens with two attached hydrogens (primary N) is 1. The predicted octanol–water partition coefficient (Wildman–Crippen LogP) is 3.59. The molecule has 2 aliphatic heterocycles. The highest BCUT2D eigenvalue weighted by atomic mass is 32.2. The first-order valence-corrected chi connectivity index (χ1v) is 9.14. The molecule has 0 aromatic carbocycles. The normalized spacial score (nSPS) is 46.6. The highest BCUT2D eigenvalue weighted by Crippen LogP contribution is 2.52. The fourth-order valence-electron chi connectivity index (χ4n) is 4.64. The Morgan fingerprint density at radius 3 is 2.63 bits per heavy atom. The number of ether oxygens (including phenoxy) is 1. The minimum Gasteiger partial charge on any atom is -0.374 e. The lowest BCUT2D eigenvalue weighted by Crippen LogP contribution is -2.62. The monoisotopic (exact) mass is 283 g/mol. The van der Waals surface area contributed by atoms with Crippen LogP contribution in [0.25, 0.3) is 0 Å². The smallest absolute Gasteiger partial charge is 0.0783 e. The molecule has 19 heavy (non-hydrogen) atoms. The molecule has 0 bridgehead atoms. The van der Waals surface area contributed by atoms with E-state index >= 15 is 0 Å². The molecule has 3 rings (SSSR count). The SMILES string of the molecule is CC1(C)CCCCC1(N)C1CCOC2(CCSC2)C1. The Labute approximate surface area is 122 Å². The lowest BCUT2D eigenvalue weighted by molar-refractivity contribution is -0.111. The van der Waals surface area contributed by atoms with Crippen LogP contribution in [0.1, 0.15) is 58.8 Å². The van der Waals surface area contributed by atoms with Gasteiger partial charge in [0.05, 0.1) is 5.60 Å². The Morgan fingerprint density at radius 2 is 1.95 bits per heavy atom. The fourth-order valence-corrected chi connectivity index (χ4v) is 6.02. The van der Waals surface area contributed by atoms with Crippen molar-refractivity contribution in [1.82, 2.24) is 0 Å². The molecule has 3 unspecified atom stereocenters. The van der Waals surface area contributed by atoms with Gasteiger partial charge < -0.3 is 10.5 Å². The van der Waals surface area contributed by atoms with E-state index in [0.717, 1.165) is 6.61 Å². The van der Waals surface area contributed by atoms with E-state index in [9.17, 15) is 0 Å². The zero-order valence-electron chi connectivity index (χ0n) is 12.5. The van der Waals surface area contributed by atoms with Crippen LogP contribution in [-0.2, 0) is 4.74 Å². The van der Waals surface area contributed by atoms with Crippen LogP contribution < -0.4 is 5.73 Å². The number of hydrogen-bond acceptors (Lipinski definition) is 3. The molecule has 3 fully saturated rings. The van der Waals surface area contributed by atoms with Gasteiger partial charge in [-0.2, -0.15) is 11.8 Å². The van der Waals surface area contributed by atoms with Crippen molar-refractivity contribution in [1.29, 1.82) is 0 Å². The van der Waals surface area contributed by atoms with Gasteiger partial charge in [-0.15, -0.1) is 0 Å². The first-order valence-electron chi connectivity index (χ1n) is 7.98. The summed E-state index contributed by atoms with van der Waals surface area (Å²) in [6.45, 7) is 5.73. The summed E-state index contributed by atoms with van der Waals surface area (Å²) in [5, 5.41) is 0. The van der Waals surface area contributed by atoms with E-state index in [1.807, 2.05) is 0 Å². The van der Waals surface area contributed by atoms with Gasteiger partial charge in [-0.05, 0) is 49.2 Å². The molecule has 3 heteroatoms. The Bertz CT molecular complexity index is 338. The third kappa shape index (κ3) is 2.36. The van der Waals surface area contributed by atoms with Crippen molar-refractivity contribution in [3.05, 3.63) is 0 Å². The highest BCUT2D eigenvalue weighted by Gasteiger charge is 2.52. The van der Waals surface area contributed by atoms with Crippen molar-refractivity contribution in [2.45, 2.75) is 69.9 Å². The Morgan fingerprint density at radius 1 is 1.16 bits per heavy atom. The van der Waals surface area contributed by atoms with Crippen LogP contribution in [0.3, 0.4) is 0 Å². The molecule has 2 heterocycles. The minimum atomic E-state index is 0.0370. The number of thioether (sulfide) groups is 1. The molecule has 2 saturated heterocycles. The standard InChI is InChI=1S/C16H29NOS/c1-14(2)6-3-4-7-16(14,17)13-5-9-18-15(11-13)8-10-19-12-15/h13H,3-12,17H2,1-2H3. The van der Waals surface area contributed by atoms with Gasteiger partial charge in [0.25, 0.3) is 0 Å². The zero-order chi connectivity index (χ0) is 13.6. The topological polar surface area (TPSA) is 35.2 Å². The second-order valence-electron chi connectivity index (χ2n) is 7.66. The first-order chi connectivity index (χ1) is 8.98. The second-order valence-corrected chi connectivity index (χ2v) is 8.76. The average molecular weight is 283 g/mol. The molecule has 2 nitrogen and oxygen atoms in total. The molecule has 0 aromatic rings. The van der Waals surface area contributed by atoms with E-state index in [-0.39, 0.29) is 11.1 Å². The number of hydrogen-bond donors (Lipinski definition) is 1. The van der Waals surface area contributed by atoms with Crippen molar-refractivity contribution in [2.24, 2.45) is 17.1 Å². The van der Waals surface area contributed by atoms with Crippen LogP contribution in [0, 0.1) is 11.3 Å². The van der Waals surface area contributed by atoms with E-state index in [4.69, 9.17) is 10.5 Å². The molecule has 3 atom stereocenters. The molecule has 0 amide bonds. The molecule has 110 valence electrons. The van der Waals surface area contributed by atoms with E-state index < -0.39 is 0 Å². The molecular weight excluding hydrogens is 254 g/mol. The molecule has 1 saturated carbocycles. The predicted molar refractivity (Wildman–Crippen MR) is 82.5 cm³/mol. The van der Waals surface area contributed by atoms with Gasteiger partial charge in [-0.1, -0.05) is 26.7 Å². The second kappa shape index (κ2) is 4.92. The van der Waals surface area contributed by atoms with Gasteiger partial charge in [0.15, 0.2) is 0 Å². The van der Waals surface area contributed by atoms with Gasteiger partial charge in [0, 0.05) is 17.9 Å². The Kier molecular flexibility index (Phi) is 3.68. The van der Waals surface area contributed by atoms with E-state index in [1.165, 1.54) is 56.5 Å². The summed E-state index contributed by atoms with van der Waals surface area (Å²) in [5.41, 5.74) is 7.50. The third-order valence-electron chi connectivity index (χ3n) is 6.19. The van der Waals surface area contributed by atoms with E-state index in [2.05, 4.69) is 25.6 Å². The zero-order valence-corrected chi connectivity index (χ0v) is 13.4. The molecule has 0 radical (unpaired) electrons. The molecule has 1 spiro atoms. The molecule has 2 N–H and O–H groups in total. The lowest BCUT2D eigenvalue weighted by Gasteiger charge is -2.55. The van der Waals surface area contributed by atoms with Crippen LogP contribution in [0.15, 0.2) is 0 Å². The van der Waals surface area contributed by atoms with Crippen molar-refractivity contribution in [2.75, 3.05) is 18.1 Å². The summed E-state index contributed by atoms with van der Waals surface area (Å²) in [7, 11) is 0. The quantitative estimate of drug-likeness (QED) is 0.799. The Balaban J connectivity index is 1.80. The maximum Gasteiger partial charge on any atom is 0.0783 e. The molecular formula is C16H29NOS. The first kappa shape index (κ1) is 14.2. The molecule has 3 aliphatic rings. The van der Waals surface area contributed by atoms with Gasteiger partial charge >= 0.3 is 0 Å². The number of rotatable bonds is 1. The van der Waals surface area contributed by atoms with Crippen LogP contribution in [0.2, 0.25) is 0 Å². The van der Waals surface area contributed by atoms with E-state index in [1.54, 1.807) is 0 Å². The molecule has 0 aromatic heterocycles. The maximum absolute atomic E-state index is 7.00. The van der Waals surface area contributed by atoms with Gasteiger partial charge in [0.2, 0.25) is 0 Å². The lowest BCUT2D eigenvalue weighted by atomic mass is 9.56.